The van der Waals surface area contributed by atoms with Crippen LogP contribution in [0.5, 0.6) is 5.75 Å². The van der Waals surface area contributed by atoms with Crippen molar-refractivity contribution in [1.29, 1.82) is 0 Å². The van der Waals surface area contributed by atoms with E-state index in [1.54, 1.807) is 31.2 Å². The molecule has 2 amide bonds. The molecule has 42 heavy (non-hydrogen) atoms. The van der Waals surface area contributed by atoms with Gasteiger partial charge in [0.15, 0.2) is 28.4 Å². The van der Waals surface area contributed by atoms with E-state index in [-0.39, 0.29) is 29.4 Å². The van der Waals surface area contributed by atoms with Crippen molar-refractivity contribution in [2.24, 2.45) is 4.99 Å². The molecule has 1 aliphatic rings. The molecule has 3 aromatic rings. The van der Waals surface area contributed by atoms with E-state index in [1.807, 2.05) is 6.92 Å². The van der Waals surface area contributed by atoms with E-state index in [2.05, 4.69) is 10.3 Å². The van der Waals surface area contributed by atoms with Crippen molar-refractivity contribution in [3.05, 3.63) is 89.0 Å². The molecule has 0 bridgehead atoms. The first-order chi connectivity index (χ1) is 20.1. The van der Waals surface area contributed by atoms with E-state index in [0.717, 1.165) is 16.7 Å². The van der Waals surface area contributed by atoms with Crippen LogP contribution in [0.25, 0.3) is 0 Å². The zero-order chi connectivity index (χ0) is 30.4. The van der Waals surface area contributed by atoms with Crippen molar-refractivity contribution in [1.82, 2.24) is 4.90 Å². The van der Waals surface area contributed by atoms with Crippen LogP contribution < -0.4 is 10.1 Å². The molecule has 1 unspecified atom stereocenters. The maximum atomic E-state index is 14.5. The van der Waals surface area contributed by atoms with Gasteiger partial charge in [-0.2, -0.15) is 0 Å². The first-order valence-corrected chi connectivity index (χ1v) is 13.7. The number of esters is 1. The van der Waals surface area contributed by atoms with Crippen LogP contribution in [0.4, 0.5) is 28.9 Å². The zero-order valence-corrected chi connectivity index (χ0v) is 23.3. The van der Waals surface area contributed by atoms with Crippen molar-refractivity contribution >= 4 is 46.1 Å². The average Bonchev–Trinajstić information content (AvgIpc) is 2.97. The second kappa shape index (κ2) is 13.5. The molecule has 0 aliphatic carbocycles. The van der Waals surface area contributed by atoms with Gasteiger partial charge in [-0.15, -0.1) is 0 Å². The predicted molar refractivity (Wildman–Crippen MR) is 149 cm³/mol. The monoisotopic (exact) mass is 603 g/mol. The Hall–Kier alpha value is -4.39. The third-order valence-corrected chi connectivity index (χ3v) is 7.16. The Kier molecular flexibility index (Phi) is 9.84. The lowest BCUT2D eigenvalue weighted by Gasteiger charge is -2.32. The smallest absolute Gasteiger partial charge is 0.338 e. The molecular weight excluding hydrogens is 578 g/mol. The lowest BCUT2D eigenvalue weighted by molar-refractivity contribution is -0.129. The van der Waals surface area contributed by atoms with Gasteiger partial charge in [0.25, 0.3) is 0 Å². The van der Waals surface area contributed by atoms with Crippen molar-refractivity contribution in [3.8, 4) is 5.75 Å². The number of rotatable bonds is 9. The van der Waals surface area contributed by atoms with Gasteiger partial charge in [-0.25, -0.2) is 27.3 Å². The summed E-state index contributed by atoms with van der Waals surface area (Å²) in [7, 11) is 0. The van der Waals surface area contributed by atoms with Crippen LogP contribution in [-0.2, 0) is 20.9 Å². The number of halogens is 4. The highest BCUT2D eigenvalue weighted by Crippen LogP contribution is 2.32. The van der Waals surface area contributed by atoms with Crippen LogP contribution in [0.3, 0.4) is 0 Å². The number of carbonyl (C=O) groups is 3. The SMILES string of the molecule is CCOC(=O)c1ccc(N=C2SC(C(=O)Nc3ccc(OCC)cc3)CC(=O)N2Cc2cc(F)c(F)c(F)c2F)cc1. The lowest BCUT2D eigenvalue weighted by Crippen LogP contribution is -2.45. The zero-order valence-electron chi connectivity index (χ0n) is 22.5. The highest BCUT2D eigenvalue weighted by atomic mass is 32.2. The minimum atomic E-state index is -2.01. The summed E-state index contributed by atoms with van der Waals surface area (Å²) in [6, 6.07) is 12.9. The number of anilines is 1. The van der Waals surface area contributed by atoms with Gasteiger partial charge in [-0.3, -0.25) is 14.5 Å². The Bertz CT molecular complexity index is 1520. The van der Waals surface area contributed by atoms with Gasteiger partial charge in [0, 0.05) is 17.7 Å². The highest BCUT2D eigenvalue weighted by Gasteiger charge is 2.37. The molecule has 1 saturated heterocycles. The van der Waals surface area contributed by atoms with Crippen LogP contribution in [0, 0.1) is 23.3 Å². The molecule has 3 aromatic carbocycles. The van der Waals surface area contributed by atoms with Crippen molar-refractivity contribution in [2.75, 3.05) is 18.5 Å². The first-order valence-electron chi connectivity index (χ1n) is 12.8. The number of ether oxygens (including phenoxy) is 2. The Balaban J connectivity index is 1.63. The first kappa shape index (κ1) is 30.6. The quantitative estimate of drug-likeness (QED) is 0.140. The number of thioether (sulfide) groups is 1. The van der Waals surface area contributed by atoms with Crippen molar-refractivity contribution in [2.45, 2.75) is 32.1 Å². The molecular formula is C29H25F4N3O5S. The number of amides is 2. The summed E-state index contributed by atoms with van der Waals surface area (Å²) in [5.74, 6) is -8.42. The van der Waals surface area contributed by atoms with E-state index in [9.17, 15) is 31.9 Å². The van der Waals surface area contributed by atoms with E-state index in [1.165, 1.54) is 24.3 Å². The summed E-state index contributed by atoms with van der Waals surface area (Å²) in [6.45, 7) is 3.46. The van der Waals surface area contributed by atoms with Crippen LogP contribution >= 0.6 is 11.8 Å². The van der Waals surface area contributed by atoms with E-state index < -0.39 is 58.4 Å². The third-order valence-electron chi connectivity index (χ3n) is 5.97. The van der Waals surface area contributed by atoms with Crippen molar-refractivity contribution in [3.63, 3.8) is 0 Å². The van der Waals surface area contributed by atoms with Crippen LogP contribution in [0.15, 0.2) is 59.6 Å². The molecule has 1 heterocycles. The molecule has 0 saturated carbocycles. The Morgan fingerprint density at radius 2 is 1.67 bits per heavy atom. The molecule has 1 aliphatic heterocycles. The molecule has 4 rings (SSSR count). The van der Waals surface area contributed by atoms with Crippen LogP contribution in [0.2, 0.25) is 0 Å². The van der Waals surface area contributed by atoms with Crippen molar-refractivity contribution < 1.29 is 41.4 Å². The summed E-state index contributed by atoms with van der Waals surface area (Å²) < 4.78 is 66.2. The fourth-order valence-electron chi connectivity index (χ4n) is 3.92. The fourth-order valence-corrected chi connectivity index (χ4v) is 5.02. The summed E-state index contributed by atoms with van der Waals surface area (Å²) in [6.07, 6.45) is -0.345. The fraction of sp³-hybridized carbons (Fsp3) is 0.241. The largest absolute Gasteiger partial charge is 0.494 e. The van der Waals surface area contributed by atoms with Gasteiger partial charge in [-0.1, -0.05) is 11.8 Å². The molecule has 0 radical (unpaired) electrons. The standard InChI is InChI=1S/C29H25F4N3O5S/c1-3-40-20-11-9-18(10-12-20)34-27(38)22-14-23(37)36(15-17-13-21(30)25(32)26(33)24(17)31)29(42-22)35-19-7-5-16(6-8-19)28(39)41-4-2/h5-13,22H,3-4,14-15H2,1-2H3,(H,34,38). The number of amidine groups is 1. The molecule has 1 atom stereocenters. The molecule has 1 N–H and O–H groups in total. The minimum Gasteiger partial charge on any atom is -0.494 e. The molecule has 13 heteroatoms. The van der Waals surface area contributed by atoms with Crippen LogP contribution in [0.1, 0.15) is 36.2 Å². The normalized spacial score (nSPS) is 16.0. The number of benzene rings is 3. The summed E-state index contributed by atoms with van der Waals surface area (Å²) in [5.41, 5.74) is 0.333. The predicted octanol–water partition coefficient (Wildman–Crippen LogP) is 5.98. The minimum absolute atomic E-state index is 0.0773. The molecule has 1 fully saturated rings. The Morgan fingerprint density at radius 3 is 2.31 bits per heavy atom. The van der Waals surface area contributed by atoms with Crippen LogP contribution in [-0.4, -0.2) is 46.3 Å². The second-order valence-corrected chi connectivity index (χ2v) is 10.0. The number of nitrogens with one attached hydrogen (secondary N) is 1. The molecule has 220 valence electrons. The number of hydrogen-bond acceptors (Lipinski definition) is 7. The number of nitrogens with zero attached hydrogens (tertiary/aromatic N) is 2. The van der Waals surface area contributed by atoms with E-state index in [4.69, 9.17) is 9.47 Å². The average molecular weight is 604 g/mol. The highest BCUT2D eigenvalue weighted by molar-refractivity contribution is 8.15. The maximum absolute atomic E-state index is 14.5. The molecule has 8 nitrogen and oxygen atoms in total. The molecule has 0 spiro atoms. The third kappa shape index (κ3) is 7.08. The molecule has 0 aromatic heterocycles. The van der Waals surface area contributed by atoms with Gasteiger partial charge in [0.1, 0.15) is 11.0 Å². The summed E-state index contributed by atoms with van der Waals surface area (Å²) in [5, 5.41) is 1.67. The van der Waals surface area contributed by atoms with Gasteiger partial charge < -0.3 is 14.8 Å². The number of aliphatic imine (C=N–C) groups is 1. The van der Waals surface area contributed by atoms with Gasteiger partial charge >= 0.3 is 5.97 Å². The number of carbonyl (C=O) groups excluding carboxylic acids is 3. The number of hydrogen-bond donors (Lipinski definition) is 1. The summed E-state index contributed by atoms with van der Waals surface area (Å²) in [4.78, 5) is 43.7. The maximum Gasteiger partial charge on any atom is 0.338 e. The van der Waals surface area contributed by atoms with Gasteiger partial charge in [-0.05, 0) is 68.4 Å². The van der Waals surface area contributed by atoms with E-state index >= 15 is 0 Å². The Morgan fingerprint density at radius 1 is 0.976 bits per heavy atom. The van der Waals surface area contributed by atoms with Gasteiger partial charge in [0.2, 0.25) is 11.8 Å². The lowest BCUT2D eigenvalue weighted by atomic mass is 10.1. The Labute approximate surface area is 242 Å². The van der Waals surface area contributed by atoms with E-state index in [0.29, 0.717) is 24.1 Å². The summed E-state index contributed by atoms with van der Waals surface area (Å²) >= 11 is 0.875. The second-order valence-electron chi connectivity index (χ2n) is 8.86. The van der Waals surface area contributed by atoms with Gasteiger partial charge in [0.05, 0.1) is 31.0 Å². The topological polar surface area (TPSA) is 97.3 Å².